The SMILES string of the molecule is CCCC[p+]1cccpp1. The van der Waals surface area contributed by atoms with E-state index in [0.717, 1.165) is 0 Å². The van der Waals surface area contributed by atoms with Crippen LogP contribution in [-0.4, -0.2) is 0 Å². The van der Waals surface area contributed by atoms with E-state index in [0.29, 0.717) is 0 Å². The molecule has 0 amide bonds. The highest BCUT2D eigenvalue weighted by Crippen LogP contribution is 2.44. The molecule has 1 heterocycles. The molecule has 54 valence electrons. The smallest absolute Gasteiger partial charge is 0.0653 e. The maximum absolute atomic E-state index is 2.41. The van der Waals surface area contributed by atoms with Crippen LogP contribution in [0.1, 0.15) is 19.8 Å². The van der Waals surface area contributed by atoms with Gasteiger partial charge in [0.1, 0.15) is 0 Å². The van der Waals surface area contributed by atoms with Gasteiger partial charge in [0.05, 0.1) is 19.2 Å². The monoisotopic (exact) mass is 189 g/mol. The summed E-state index contributed by atoms with van der Waals surface area (Å²) in [6.07, 6.45) is 4.21. The topological polar surface area (TPSA) is 0 Å². The Morgan fingerprint density at radius 2 is 2.40 bits per heavy atom. The molecule has 0 saturated carbocycles. The Balaban J connectivity index is 2.43. The van der Waals surface area contributed by atoms with Crippen LogP contribution in [0.2, 0.25) is 0 Å². The predicted octanol–water partition coefficient (Wildman–Crippen LogP) is 4.91. The van der Waals surface area contributed by atoms with Crippen LogP contribution in [0.25, 0.3) is 0 Å². The molecule has 1 unspecified atom stereocenters. The second-order valence-corrected chi connectivity index (χ2v) is 8.93. The molecule has 0 aliphatic carbocycles. The molecular weight excluding hydrogens is 177 g/mol. The van der Waals surface area contributed by atoms with Crippen molar-refractivity contribution in [3.8, 4) is 0 Å². The van der Waals surface area contributed by atoms with Crippen molar-refractivity contribution in [2.24, 2.45) is 0 Å². The first-order valence-electron chi connectivity index (χ1n) is 3.61. The summed E-state index contributed by atoms with van der Waals surface area (Å²) in [7, 11) is 3.43. The van der Waals surface area contributed by atoms with E-state index < -0.39 is 0 Å². The third-order valence-corrected chi connectivity index (χ3v) is 8.64. The summed E-state index contributed by atoms with van der Waals surface area (Å²) in [5, 5.41) is 0. The van der Waals surface area contributed by atoms with Gasteiger partial charge in [-0.1, -0.05) is 13.3 Å². The van der Waals surface area contributed by atoms with E-state index in [4.69, 9.17) is 0 Å². The zero-order valence-corrected chi connectivity index (χ0v) is 8.88. The zero-order chi connectivity index (χ0) is 7.23. The summed E-state index contributed by atoms with van der Waals surface area (Å²) in [5.74, 6) is 4.65. The minimum Gasteiger partial charge on any atom is -0.0653 e. The molecule has 0 N–H and O–H groups in total. The third kappa shape index (κ3) is 3.07. The van der Waals surface area contributed by atoms with Crippen molar-refractivity contribution in [2.75, 3.05) is 0 Å². The minimum atomic E-state index is 0.270. The maximum atomic E-state index is 2.41. The lowest BCUT2D eigenvalue weighted by Crippen LogP contribution is -1.65. The van der Waals surface area contributed by atoms with Gasteiger partial charge in [-0.25, -0.2) is 0 Å². The second kappa shape index (κ2) is 5.20. The lowest BCUT2D eigenvalue weighted by Gasteiger charge is -1.87. The molecule has 1 aromatic rings. The normalized spacial score (nSPS) is 13.1. The van der Waals surface area contributed by atoms with Crippen molar-refractivity contribution < 1.29 is 0 Å². The quantitative estimate of drug-likeness (QED) is 0.633. The van der Waals surface area contributed by atoms with Crippen LogP contribution in [0.5, 0.6) is 0 Å². The molecule has 1 atom stereocenters. The fraction of sp³-hybridized carbons (Fsp3) is 0.571. The van der Waals surface area contributed by atoms with Gasteiger partial charge in [-0.15, -0.1) is 0 Å². The lowest BCUT2D eigenvalue weighted by atomic mass is 10.4. The molecule has 1 rings (SSSR count). The van der Waals surface area contributed by atoms with E-state index in [1.165, 1.54) is 26.9 Å². The van der Waals surface area contributed by atoms with Gasteiger partial charge >= 0.3 is 0 Å². The second-order valence-electron chi connectivity index (χ2n) is 2.21. The van der Waals surface area contributed by atoms with Crippen molar-refractivity contribution in [1.82, 2.24) is 0 Å². The highest BCUT2D eigenvalue weighted by molar-refractivity contribution is 8.20. The molecule has 0 radical (unpaired) electrons. The average Bonchev–Trinajstić information content (AvgIpc) is 2.03. The number of hydrogen-bond donors (Lipinski definition) is 0. The summed E-state index contributed by atoms with van der Waals surface area (Å²) in [4.78, 5) is 0. The Labute approximate surface area is 66.8 Å². The molecule has 0 aliphatic rings. The van der Waals surface area contributed by atoms with Gasteiger partial charge < -0.3 is 0 Å². The first kappa shape index (κ1) is 8.61. The Bertz CT molecular complexity index is 173. The van der Waals surface area contributed by atoms with E-state index in [1.54, 1.807) is 7.55 Å². The molecule has 0 saturated heterocycles. The summed E-state index contributed by atoms with van der Waals surface area (Å²) in [6.45, 7) is 2.27. The zero-order valence-electron chi connectivity index (χ0n) is 6.20. The molecule has 0 fully saturated rings. The van der Waals surface area contributed by atoms with Crippen LogP contribution in [0.4, 0.5) is 0 Å². The van der Waals surface area contributed by atoms with E-state index in [1.807, 2.05) is 0 Å². The molecular formula is C7H12P3+. The Kier molecular flexibility index (Phi) is 4.47. The summed E-state index contributed by atoms with van der Waals surface area (Å²) < 4.78 is 0. The van der Waals surface area contributed by atoms with Crippen LogP contribution in [0.3, 0.4) is 0 Å². The van der Waals surface area contributed by atoms with E-state index in [-0.39, 0.29) is 7.21 Å². The number of aryl methyl sites for hydroxylation is 1. The molecule has 0 nitrogen and oxygen atoms in total. The van der Waals surface area contributed by atoms with E-state index in [9.17, 15) is 0 Å². The van der Waals surface area contributed by atoms with Crippen molar-refractivity contribution in [3.05, 3.63) is 17.7 Å². The van der Waals surface area contributed by atoms with Crippen LogP contribution in [0, 0.1) is 0 Å². The predicted molar refractivity (Wildman–Crippen MR) is 53.5 cm³/mol. The maximum Gasteiger partial charge on any atom is 0.202 e. The fourth-order valence-corrected chi connectivity index (χ4v) is 7.44. The number of unbranched alkanes of at least 4 members (excludes halogenated alkanes) is 1. The van der Waals surface area contributed by atoms with Crippen molar-refractivity contribution in [1.29, 1.82) is 0 Å². The summed E-state index contributed by atoms with van der Waals surface area (Å²) in [5.41, 5.74) is 0. The van der Waals surface area contributed by atoms with Crippen LogP contribution < -0.4 is 0 Å². The highest BCUT2D eigenvalue weighted by atomic mass is 32.2. The molecule has 3 heteroatoms. The standard InChI is InChI=1S/C7H12P3/c1-2-3-6-10-7-4-5-8-9-10/h4-5,7H,2-3,6H2,1H3/q+1. The largest absolute Gasteiger partial charge is 0.202 e. The molecule has 0 aliphatic heterocycles. The lowest BCUT2D eigenvalue weighted by molar-refractivity contribution is 0.856. The first-order valence-corrected chi connectivity index (χ1v) is 8.47. The van der Waals surface area contributed by atoms with Gasteiger partial charge in [-0.2, -0.15) is 0 Å². The van der Waals surface area contributed by atoms with Crippen molar-refractivity contribution >= 4 is 22.6 Å². The molecule has 0 bridgehead atoms. The van der Waals surface area contributed by atoms with Crippen molar-refractivity contribution in [2.45, 2.75) is 25.9 Å². The Morgan fingerprint density at radius 3 is 3.00 bits per heavy atom. The van der Waals surface area contributed by atoms with Crippen LogP contribution in [0.15, 0.2) is 17.7 Å². The van der Waals surface area contributed by atoms with E-state index >= 15 is 0 Å². The summed E-state index contributed by atoms with van der Waals surface area (Å²) >= 11 is 0. The first-order chi connectivity index (χ1) is 4.93. The fourth-order valence-electron chi connectivity index (χ4n) is 0.742. The van der Waals surface area contributed by atoms with Crippen molar-refractivity contribution in [3.63, 3.8) is 0 Å². The number of rotatable bonds is 3. The molecule has 0 spiro atoms. The van der Waals surface area contributed by atoms with Crippen LogP contribution >= 0.6 is 22.6 Å². The number of hydrogen-bond acceptors (Lipinski definition) is 0. The van der Waals surface area contributed by atoms with Gasteiger partial charge in [0.15, 0.2) is 7.87 Å². The van der Waals surface area contributed by atoms with Gasteiger partial charge in [0, 0.05) is 5.80 Å². The molecule has 10 heavy (non-hydrogen) atoms. The minimum absolute atomic E-state index is 0.270. The third-order valence-electron chi connectivity index (χ3n) is 1.32. The van der Waals surface area contributed by atoms with E-state index in [2.05, 4.69) is 24.6 Å². The molecule has 1 aromatic heterocycles. The summed E-state index contributed by atoms with van der Waals surface area (Å²) in [6, 6.07) is 2.24. The Morgan fingerprint density at radius 1 is 1.50 bits per heavy atom. The van der Waals surface area contributed by atoms with Gasteiger partial charge in [0.25, 0.3) is 0 Å². The van der Waals surface area contributed by atoms with Crippen LogP contribution in [-0.2, 0) is 6.16 Å². The Hall–Kier alpha value is 0.510. The average molecular weight is 189 g/mol. The molecule has 0 aromatic carbocycles. The van der Waals surface area contributed by atoms with Gasteiger partial charge in [0.2, 0.25) is 7.55 Å². The van der Waals surface area contributed by atoms with Gasteiger partial charge in [-0.3, -0.25) is 0 Å². The highest BCUT2D eigenvalue weighted by Gasteiger charge is 1.97. The van der Waals surface area contributed by atoms with Gasteiger partial charge in [-0.05, 0) is 12.5 Å².